The molecule has 3 fully saturated rings. The molecular weight excluding hydrogens is 428 g/mol. The summed E-state index contributed by atoms with van der Waals surface area (Å²) in [6, 6.07) is 1.71. The Bertz CT molecular complexity index is 1230. The van der Waals surface area contributed by atoms with E-state index in [-0.39, 0.29) is 5.75 Å². The van der Waals surface area contributed by atoms with Crippen LogP contribution < -0.4 is 4.90 Å². The predicted molar refractivity (Wildman–Crippen MR) is 122 cm³/mol. The van der Waals surface area contributed by atoms with Crippen molar-refractivity contribution in [3.8, 4) is 27.6 Å². The Labute approximate surface area is 187 Å². The Morgan fingerprint density at radius 3 is 2.55 bits per heavy atom. The summed E-state index contributed by atoms with van der Waals surface area (Å²) in [5, 5.41) is 19.1. The molecule has 3 aliphatic rings. The van der Waals surface area contributed by atoms with Crippen LogP contribution in [0.5, 0.6) is 5.75 Å². The van der Waals surface area contributed by atoms with Gasteiger partial charge in [0.15, 0.2) is 14.8 Å². The molecule has 2 unspecified atom stereocenters. The largest absolute Gasteiger partial charge is 0.506 e. The molecule has 2 bridgehead atoms. The predicted octanol–water partition coefficient (Wildman–Crippen LogP) is 4.93. The van der Waals surface area contributed by atoms with E-state index in [1.165, 1.54) is 43.4 Å². The lowest BCUT2D eigenvalue weighted by molar-refractivity contribution is 0.0929. The Kier molecular flexibility index (Phi) is 3.79. The highest BCUT2D eigenvalue weighted by Crippen LogP contribution is 2.55. The van der Waals surface area contributed by atoms with Crippen LogP contribution in [0.15, 0.2) is 24.7 Å². The summed E-state index contributed by atoms with van der Waals surface area (Å²) in [6.45, 7) is 2.32. The summed E-state index contributed by atoms with van der Waals surface area (Å²) in [4.78, 5) is 18.4. The van der Waals surface area contributed by atoms with Crippen LogP contribution in [0.3, 0.4) is 0 Å². The lowest BCUT2D eigenvalue weighted by Crippen LogP contribution is -2.58. The molecule has 1 aliphatic heterocycles. The Hall–Kier alpha value is -2.52. The van der Waals surface area contributed by atoms with Gasteiger partial charge < -0.3 is 10.0 Å². The summed E-state index contributed by atoms with van der Waals surface area (Å²) in [7, 11) is 0. The standard InChI is InChI=1S/C22H22N6OS2/c29-16-4-14(15-8-24-25-9-15)7-23-17(16)18-26-19-20(30-18)27-21(31-19)28-10-22(11-28)5-12-1-2-13(3-12)6-22/h4,7-9,12-13,29H,1-3,5-6,10-11H2,(H,24,25). The van der Waals surface area contributed by atoms with Crippen molar-refractivity contribution in [2.75, 3.05) is 18.0 Å². The number of aromatic nitrogens is 5. The smallest absolute Gasteiger partial charge is 0.188 e. The summed E-state index contributed by atoms with van der Waals surface area (Å²) < 4.78 is 0. The number of aromatic hydroxyl groups is 1. The van der Waals surface area contributed by atoms with Crippen molar-refractivity contribution in [2.24, 2.45) is 17.3 Å². The topological polar surface area (TPSA) is 90.8 Å². The van der Waals surface area contributed by atoms with Gasteiger partial charge in [0.25, 0.3) is 0 Å². The number of thiazole rings is 2. The van der Waals surface area contributed by atoms with Gasteiger partial charge in [0.05, 0.1) is 6.20 Å². The highest BCUT2D eigenvalue weighted by atomic mass is 32.1. The first-order valence-electron chi connectivity index (χ1n) is 10.8. The maximum Gasteiger partial charge on any atom is 0.188 e. The molecule has 2 aliphatic carbocycles. The molecule has 4 aromatic rings. The van der Waals surface area contributed by atoms with Crippen molar-refractivity contribution in [3.63, 3.8) is 0 Å². The number of anilines is 1. The number of H-pyrrole nitrogens is 1. The second-order valence-electron chi connectivity index (χ2n) is 9.51. The van der Waals surface area contributed by atoms with E-state index in [0.717, 1.165) is 50.8 Å². The van der Waals surface area contributed by atoms with E-state index in [1.807, 2.05) is 0 Å². The minimum absolute atomic E-state index is 0.122. The summed E-state index contributed by atoms with van der Waals surface area (Å²) in [5.41, 5.74) is 2.76. The Morgan fingerprint density at radius 2 is 1.84 bits per heavy atom. The molecule has 7 nitrogen and oxygen atoms in total. The number of fused-ring (bicyclic) bond motifs is 3. The molecule has 1 spiro atoms. The number of nitrogens with one attached hydrogen (secondary N) is 1. The molecule has 4 aromatic heterocycles. The molecule has 1 saturated heterocycles. The zero-order valence-electron chi connectivity index (χ0n) is 16.9. The van der Waals surface area contributed by atoms with Gasteiger partial charge in [-0.15, -0.1) is 0 Å². The first-order valence-corrected chi connectivity index (χ1v) is 12.5. The van der Waals surface area contributed by atoms with Gasteiger partial charge >= 0.3 is 0 Å². The number of hydrogen-bond acceptors (Lipinski definition) is 8. The van der Waals surface area contributed by atoms with Crippen molar-refractivity contribution in [3.05, 3.63) is 24.7 Å². The first kappa shape index (κ1) is 18.1. The van der Waals surface area contributed by atoms with Crippen molar-refractivity contribution < 1.29 is 5.11 Å². The van der Waals surface area contributed by atoms with E-state index in [9.17, 15) is 5.11 Å². The summed E-state index contributed by atoms with van der Waals surface area (Å²) in [6.07, 6.45) is 12.4. The highest BCUT2D eigenvalue weighted by molar-refractivity contribution is 7.29. The van der Waals surface area contributed by atoms with Crippen LogP contribution in [0.4, 0.5) is 5.13 Å². The zero-order chi connectivity index (χ0) is 20.6. The molecule has 2 atom stereocenters. The minimum Gasteiger partial charge on any atom is -0.506 e. The zero-order valence-corrected chi connectivity index (χ0v) is 18.5. The van der Waals surface area contributed by atoms with E-state index in [2.05, 4.69) is 20.1 Å². The minimum atomic E-state index is 0.122. The van der Waals surface area contributed by atoms with E-state index in [0.29, 0.717) is 16.1 Å². The van der Waals surface area contributed by atoms with Crippen LogP contribution in [0, 0.1) is 17.3 Å². The molecule has 7 rings (SSSR count). The van der Waals surface area contributed by atoms with Crippen molar-refractivity contribution in [1.82, 2.24) is 25.1 Å². The van der Waals surface area contributed by atoms with Crippen molar-refractivity contribution in [1.29, 1.82) is 0 Å². The molecule has 31 heavy (non-hydrogen) atoms. The summed E-state index contributed by atoms with van der Waals surface area (Å²) >= 11 is 3.16. The third kappa shape index (κ3) is 2.90. The molecule has 0 radical (unpaired) electrons. The van der Waals surface area contributed by atoms with E-state index in [4.69, 9.17) is 9.97 Å². The Balaban J connectivity index is 1.11. The molecular formula is C22H22N6OS2. The quantitative estimate of drug-likeness (QED) is 0.460. The molecule has 0 aromatic carbocycles. The normalized spacial score (nSPS) is 24.2. The maximum atomic E-state index is 10.5. The molecule has 2 N–H and O–H groups in total. The van der Waals surface area contributed by atoms with Crippen LogP contribution >= 0.6 is 22.7 Å². The lowest BCUT2D eigenvalue weighted by atomic mass is 9.65. The number of nitrogens with zero attached hydrogens (tertiary/aromatic N) is 5. The first-order chi connectivity index (χ1) is 15.1. The van der Waals surface area contributed by atoms with Crippen LogP contribution in [0.2, 0.25) is 0 Å². The third-order valence-electron chi connectivity index (χ3n) is 7.28. The second kappa shape index (κ2) is 6.49. The molecule has 158 valence electrons. The SMILES string of the molecule is Oc1cc(-c2cn[nH]c2)cnc1-c1nc2sc(N3CC4(CC5CCC(C5)C4)C3)nc2s1. The summed E-state index contributed by atoms with van der Waals surface area (Å²) in [5.74, 6) is 2.08. The van der Waals surface area contributed by atoms with Crippen LogP contribution in [-0.2, 0) is 0 Å². The lowest BCUT2D eigenvalue weighted by Gasteiger charge is -2.54. The molecule has 0 amide bonds. The number of hydrogen-bond donors (Lipinski definition) is 2. The van der Waals surface area contributed by atoms with Gasteiger partial charge in [-0.2, -0.15) is 5.10 Å². The van der Waals surface area contributed by atoms with Gasteiger partial charge in [-0.1, -0.05) is 35.5 Å². The van der Waals surface area contributed by atoms with Gasteiger partial charge in [-0.25, -0.2) is 15.0 Å². The van der Waals surface area contributed by atoms with Gasteiger partial charge in [0.1, 0.15) is 16.5 Å². The average molecular weight is 451 g/mol. The van der Waals surface area contributed by atoms with Gasteiger partial charge in [0.2, 0.25) is 0 Å². The van der Waals surface area contributed by atoms with Crippen LogP contribution in [0.25, 0.3) is 31.5 Å². The fourth-order valence-corrected chi connectivity index (χ4v) is 8.11. The van der Waals surface area contributed by atoms with Gasteiger partial charge in [-0.3, -0.25) is 5.10 Å². The number of rotatable bonds is 3. The van der Waals surface area contributed by atoms with E-state index >= 15 is 0 Å². The average Bonchev–Trinajstić information content (AvgIpc) is 3.50. The van der Waals surface area contributed by atoms with Crippen molar-refractivity contribution >= 4 is 37.5 Å². The van der Waals surface area contributed by atoms with Gasteiger partial charge in [0, 0.05) is 42.0 Å². The van der Waals surface area contributed by atoms with Crippen LogP contribution in [-0.4, -0.2) is 43.3 Å². The third-order valence-corrected chi connectivity index (χ3v) is 9.38. The maximum absolute atomic E-state index is 10.5. The van der Waals surface area contributed by atoms with Crippen molar-refractivity contribution in [2.45, 2.75) is 32.1 Å². The second-order valence-corrected chi connectivity index (χ2v) is 11.4. The number of pyridine rings is 1. The van der Waals surface area contributed by atoms with E-state index < -0.39 is 0 Å². The fourth-order valence-electron chi connectivity index (χ4n) is 6.07. The molecule has 9 heteroatoms. The molecule has 2 saturated carbocycles. The van der Waals surface area contributed by atoms with Crippen LogP contribution in [0.1, 0.15) is 32.1 Å². The molecule has 5 heterocycles. The monoisotopic (exact) mass is 450 g/mol. The Morgan fingerprint density at radius 1 is 1.03 bits per heavy atom. The number of aromatic amines is 1. The van der Waals surface area contributed by atoms with Gasteiger partial charge in [-0.05, 0) is 37.2 Å². The fraction of sp³-hybridized carbons (Fsp3) is 0.455. The van der Waals surface area contributed by atoms with E-state index in [1.54, 1.807) is 36.0 Å². The highest BCUT2D eigenvalue weighted by Gasteiger charge is 2.51.